The molecular weight excluding hydrogens is 493 g/mol. The number of rotatable bonds is 8. The molecule has 192 valence electrons. The lowest BCUT2D eigenvalue weighted by atomic mass is 10.1. The molecule has 0 spiro atoms. The Morgan fingerprint density at radius 2 is 1.62 bits per heavy atom. The van der Waals surface area contributed by atoms with E-state index in [1.165, 1.54) is 22.7 Å². The highest BCUT2D eigenvalue weighted by molar-refractivity contribution is 7.89. The molecule has 0 atom stereocenters. The van der Waals surface area contributed by atoms with Crippen molar-refractivity contribution in [3.05, 3.63) is 102 Å². The van der Waals surface area contributed by atoms with Gasteiger partial charge in [-0.25, -0.2) is 12.8 Å². The van der Waals surface area contributed by atoms with Crippen molar-refractivity contribution in [2.45, 2.75) is 11.4 Å². The molecule has 0 radical (unpaired) electrons. The van der Waals surface area contributed by atoms with E-state index in [2.05, 4.69) is 4.90 Å². The quantitative estimate of drug-likeness (QED) is 0.347. The average molecular weight is 522 g/mol. The molecule has 1 amide bonds. The van der Waals surface area contributed by atoms with Crippen molar-refractivity contribution >= 4 is 26.7 Å². The second-order valence-electron chi connectivity index (χ2n) is 9.05. The molecule has 1 aromatic heterocycles. The molecule has 37 heavy (non-hydrogen) atoms. The number of hydrogen-bond donors (Lipinski definition) is 0. The summed E-state index contributed by atoms with van der Waals surface area (Å²) in [5.41, 5.74) is 0.812. The summed E-state index contributed by atoms with van der Waals surface area (Å²) in [5, 5.41) is 1.62. The van der Waals surface area contributed by atoms with Crippen molar-refractivity contribution in [1.82, 2.24) is 14.1 Å². The first kappa shape index (κ1) is 25.1. The van der Waals surface area contributed by atoms with Crippen molar-refractivity contribution in [2.75, 3.05) is 39.3 Å². The molecule has 1 aliphatic rings. The predicted octanol–water partition coefficient (Wildman–Crippen LogP) is 4.22. The van der Waals surface area contributed by atoms with Crippen molar-refractivity contribution in [3.63, 3.8) is 0 Å². The topological polar surface area (TPSA) is 74.1 Å². The van der Waals surface area contributed by atoms with Crippen LogP contribution in [0, 0.1) is 5.82 Å². The first-order valence-electron chi connectivity index (χ1n) is 12.2. The summed E-state index contributed by atoms with van der Waals surface area (Å²) in [4.78, 5) is 17.2. The van der Waals surface area contributed by atoms with E-state index in [1.807, 2.05) is 30.3 Å². The molecule has 5 rings (SSSR count). The van der Waals surface area contributed by atoms with E-state index in [0.717, 1.165) is 16.3 Å². The number of hydrogen-bond acceptors (Lipinski definition) is 5. The number of halogens is 1. The number of fused-ring (bicyclic) bond motifs is 1. The van der Waals surface area contributed by atoms with Gasteiger partial charge in [0.15, 0.2) is 5.76 Å². The van der Waals surface area contributed by atoms with E-state index < -0.39 is 10.0 Å². The van der Waals surface area contributed by atoms with E-state index >= 15 is 0 Å². The van der Waals surface area contributed by atoms with Crippen LogP contribution in [-0.2, 0) is 16.6 Å². The number of furan rings is 1. The van der Waals surface area contributed by atoms with Gasteiger partial charge in [-0.2, -0.15) is 4.31 Å². The van der Waals surface area contributed by atoms with Gasteiger partial charge >= 0.3 is 0 Å². The van der Waals surface area contributed by atoms with Gasteiger partial charge in [-0.3, -0.25) is 9.69 Å². The van der Waals surface area contributed by atoms with Crippen LogP contribution >= 0.6 is 0 Å². The van der Waals surface area contributed by atoms with E-state index in [9.17, 15) is 17.6 Å². The fourth-order valence-electron chi connectivity index (χ4n) is 4.63. The highest BCUT2D eigenvalue weighted by atomic mass is 32.2. The zero-order chi connectivity index (χ0) is 25.8. The Labute approximate surface area is 215 Å². The van der Waals surface area contributed by atoms with E-state index in [1.54, 1.807) is 41.3 Å². The van der Waals surface area contributed by atoms with E-state index in [0.29, 0.717) is 50.7 Å². The smallest absolute Gasteiger partial charge is 0.289 e. The average Bonchev–Trinajstić information content (AvgIpc) is 3.47. The predicted molar refractivity (Wildman–Crippen MR) is 139 cm³/mol. The molecule has 9 heteroatoms. The highest BCUT2D eigenvalue weighted by Crippen LogP contribution is 2.26. The van der Waals surface area contributed by atoms with Crippen LogP contribution in [0.1, 0.15) is 16.1 Å². The molecule has 0 aliphatic carbocycles. The maximum Gasteiger partial charge on any atom is 0.289 e. The second-order valence-corrected chi connectivity index (χ2v) is 11.0. The Morgan fingerprint density at radius 1 is 0.892 bits per heavy atom. The van der Waals surface area contributed by atoms with Crippen molar-refractivity contribution < 1.29 is 22.0 Å². The summed E-state index contributed by atoms with van der Waals surface area (Å²) < 4.78 is 47.1. The molecule has 3 aromatic carbocycles. The fraction of sp³-hybridized carbons (Fsp3) is 0.250. The molecule has 1 fully saturated rings. The summed E-state index contributed by atoms with van der Waals surface area (Å²) in [5.74, 6) is -0.330. The summed E-state index contributed by atoms with van der Waals surface area (Å²) in [6, 6.07) is 22.2. The van der Waals surface area contributed by atoms with Crippen LogP contribution in [-0.4, -0.2) is 67.7 Å². The summed E-state index contributed by atoms with van der Waals surface area (Å²) >= 11 is 0. The van der Waals surface area contributed by atoms with Crippen molar-refractivity contribution in [1.29, 1.82) is 0 Å². The second kappa shape index (κ2) is 10.8. The van der Waals surface area contributed by atoms with Crippen LogP contribution in [0.15, 0.2) is 94.4 Å². The molecule has 0 saturated carbocycles. The molecule has 0 unspecified atom stereocenters. The molecule has 1 saturated heterocycles. The number of sulfonamides is 1. The van der Waals surface area contributed by atoms with Gasteiger partial charge in [0.2, 0.25) is 10.0 Å². The Bertz CT molecular complexity index is 1460. The Hall–Kier alpha value is -3.53. The van der Waals surface area contributed by atoms with E-state index in [-0.39, 0.29) is 17.5 Å². The highest BCUT2D eigenvalue weighted by Gasteiger charge is 2.30. The normalized spacial score (nSPS) is 15.2. The molecule has 2 heterocycles. The minimum absolute atomic E-state index is 0.244. The monoisotopic (exact) mass is 521 g/mol. The lowest BCUT2D eigenvalue weighted by molar-refractivity contribution is 0.0679. The Balaban J connectivity index is 1.23. The van der Waals surface area contributed by atoms with E-state index in [4.69, 9.17) is 4.42 Å². The van der Waals surface area contributed by atoms with Gasteiger partial charge in [0.1, 0.15) is 5.82 Å². The van der Waals surface area contributed by atoms with Crippen LogP contribution in [0.2, 0.25) is 0 Å². The Kier molecular flexibility index (Phi) is 7.36. The van der Waals surface area contributed by atoms with Gasteiger partial charge in [-0.15, -0.1) is 0 Å². The Morgan fingerprint density at radius 3 is 2.35 bits per heavy atom. The molecular formula is C28H28FN3O4S. The molecule has 7 nitrogen and oxygen atoms in total. The summed E-state index contributed by atoms with van der Waals surface area (Å²) in [6.07, 6.45) is 1.46. The van der Waals surface area contributed by atoms with Gasteiger partial charge in [-0.05, 0) is 41.3 Å². The number of piperazine rings is 1. The van der Waals surface area contributed by atoms with Crippen LogP contribution in [0.5, 0.6) is 0 Å². The number of carbonyl (C=O) groups is 1. The van der Waals surface area contributed by atoms with Crippen LogP contribution in [0.4, 0.5) is 4.39 Å². The molecule has 1 aliphatic heterocycles. The fourth-order valence-corrected chi connectivity index (χ4v) is 6.27. The molecule has 4 aromatic rings. The summed E-state index contributed by atoms with van der Waals surface area (Å²) in [6.45, 7) is 3.18. The zero-order valence-electron chi connectivity index (χ0n) is 20.3. The third-order valence-corrected chi connectivity index (χ3v) is 8.65. The number of nitrogens with zero attached hydrogens (tertiary/aromatic N) is 3. The SMILES string of the molecule is O=C(c1ccco1)N(CCN1CCN(S(=O)(=O)c2cccc3ccccc23)CC1)Cc1ccc(F)cc1. The van der Waals surface area contributed by atoms with Gasteiger partial charge < -0.3 is 9.32 Å². The number of benzene rings is 3. The minimum atomic E-state index is -3.63. The lowest BCUT2D eigenvalue weighted by Gasteiger charge is -2.35. The first-order chi connectivity index (χ1) is 17.9. The lowest BCUT2D eigenvalue weighted by Crippen LogP contribution is -2.50. The van der Waals surface area contributed by atoms with Gasteiger partial charge in [0, 0.05) is 51.2 Å². The maximum absolute atomic E-state index is 13.4. The maximum atomic E-state index is 13.4. The zero-order valence-corrected chi connectivity index (χ0v) is 21.1. The van der Waals surface area contributed by atoms with Crippen LogP contribution < -0.4 is 0 Å². The van der Waals surface area contributed by atoms with Gasteiger partial charge in [0.25, 0.3) is 5.91 Å². The van der Waals surface area contributed by atoms with Gasteiger partial charge in [0.05, 0.1) is 11.2 Å². The third kappa shape index (κ3) is 5.58. The minimum Gasteiger partial charge on any atom is -0.459 e. The van der Waals surface area contributed by atoms with Crippen LogP contribution in [0.3, 0.4) is 0 Å². The van der Waals surface area contributed by atoms with Crippen molar-refractivity contribution in [3.8, 4) is 0 Å². The first-order valence-corrected chi connectivity index (χ1v) is 13.6. The number of carbonyl (C=O) groups excluding carboxylic acids is 1. The molecule has 0 bridgehead atoms. The number of amides is 1. The summed E-state index contributed by atoms with van der Waals surface area (Å²) in [7, 11) is -3.63. The van der Waals surface area contributed by atoms with Crippen molar-refractivity contribution in [2.24, 2.45) is 0 Å². The largest absolute Gasteiger partial charge is 0.459 e. The molecule has 0 N–H and O–H groups in total. The van der Waals surface area contributed by atoms with Crippen LogP contribution in [0.25, 0.3) is 10.8 Å². The third-order valence-electron chi connectivity index (χ3n) is 6.69. The van der Waals surface area contributed by atoms with Gasteiger partial charge in [-0.1, -0.05) is 48.5 Å². The standard InChI is InChI=1S/C28H28FN3O4S/c29-24-12-10-22(11-13-24)21-31(28(33)26-8-4-20-36-26)17-14-30-15-18-32(19-16-30)37(34,35)27-9-3-6-23-5-1-2-7-25(23)27/h1-13,20H,14-19,21H2.